The van der Waals surface area contributed by atoms with E-state index in [4.69, 9.17) is 32.7 Å². The summed E-state index contributed by atoms with van der Waals surface area (Å²) < 4.78 is 11.1. The Morgan fingerprint density at radius 2 is 2.27 bits per heavy atom. The smallest absolute Gasteiger partial charge is 0.184 e. The lowest BCUT2D eigenvalue weighted by molar-refractivity contribution is -0.0567. The highest BCUT2D eigenvalue weighted by molar-refractivity contribution is 6.31. The molecule has 0 saturated carbocycles. The van der Waals surface area contributed by atoms with Gasteiger partial charge in [-0.15, -0.1) is 11.6 Å². The Balaban J connectivity index is 2.13. The Labute approximate surface area is 99.1 Å². The fourth-order valence-electron chi connectivity index (χ4n) is 1.46. The first-order valence-electron chi connectivity index (χ1n) is 4.80. The lowest BCUT2D eigenvalue weighted by atomic mass is 10.1. The van der Waals surface area contributed by atoms with E-state index in [1.54, 1.807) is 0 Å². The highest BCUT2D eigenvalue weighted by atomic mass is 35.5. The summed E-state index contributed by atoms with van der Waals surface area (Å²) in [5, 5.41) is 0.731. The van der Waals surface area contributed by atoms with Gasteiger partial charge in [-0.1, -0.05) is 23.7 Å². The minimum Gasteiger partial charge on any atom is -0.346 e. The van der Waals surface area contributed by atoms with Gasteiger partial charge in [0.2, 0.25) is 0 Å². The summed E-state index contributed by atoms with van der Waals surface area (Å²) in [6, 6.07) is 5.79. The van der Waals surface area contributed by atoms with Crippen molar-refractivity contribution < 1.29 is 9.47 Å². The summed E-state index contributed by atoms with van der Waals surface area (Å²) in [6.45, 7) is 2.50. The highest BCUT2D eigenvalue weighted by Gasteiger charge is 2.26. The van der Waals surface area contributed by atoms with E-state index in [2.05, 4.69) is 0 Å². The number of alkyl halides is 1. The first-order chi connectivity index (χ1) is 7.20. The van der Waals surface area contributed by atoms with Crippen molar-refractivity contribution in [3.8, 4) is 0 Å². The van der Waals surface area contributed by atoms with Crippen molar-refractivity contribution in [2.24, 2.45) is 0 Å². The van der Waals surface area contributed by atoms with Gasteiger partial charge in [-0.3, -0.25) is 0 Å². The molecule has 1 saturated heterocycles. The minimum atomic E-state index is -0.327. The van der Waals surface area contributed by atoms with Crippen LogP contribution in [0, 0.1) is 6.92 Å². The lowest BCUT2D eigenvalue weighted by Gasteiger charge is -2.11. The normalized spacial score (nSPS) is 25.8. The van der Waals surface area contributed by atoms with Crippen molar-refractivity contribution in [1.82, 2.24) is 0 Å². The molecule has 0 N–H and O–H groups in total. The van der Waals surface area contributed by atoms with Gasteiger partial charge >= 0.3 is 0 Å². The second kappa shape index (κ2) is 4.71. The number of benzene rings is 1. The predicted molar refractivity (Wildman–Crippen MR) is 60.5 cm³/mol. The van der Waals surface area contributed by atoms with E-state index in [0.717, 1.165) is 16.1 Å². The Hall–Kier alpha value is -0.280. The molecule has 15 heavy (non-hydrogen) atoms. The standard InChI is InChI=1S/C11H12Cl2O2/c1-7-2-3-8(4-10(7)13)11-14-6-9(5-12)15-11/h2-4,9,11H,5-6H2,1H3. The van der Waals surface area contributed by atoms with Crippen molar-refractivity contribution in [2.75, 3.05) is 12.5 Å². The zero-order chi connectivity index (χ0) is 10.8. The van der Waals surface area contributed by atoms with E-state index in [1.807, 2.05) is 25.1 Å². The molecule has 1 aromatic carbocycles. The van der Waals surface area contributed by atoms with Gasteiger partial charge in [0.25, 0.3) is 0 Å². The molecule has 1 aliphatic rings. The zero-order valence-corrected chi connectivity index (χ0v) is 9.89. The molecule has 0 bridgehead atoms. The third-order valence-electron chi connectivity index (χ3n) is 2.39. The predicted octanol–water partition coefficient (Wildman–Crippen LogP) is 3.30. The molecule has 2 unspecified atom stereocenters. The summed E-state index contributed by atoms with van der Waals surface area (Å²) in [5.41, 5.74) is 1.99. The maximum absolute atomic E-state index is 6.03. The van der Waals surface area contributed by atoms with Crippen LogP contribution in [-0.4, -0.2) is 18.6 Å². The fraction of sp³-hybridized carbons (Fsp3) is 0.455. The van der Waals surface area contributed by atoms with Gasteiger partial charge in [0.05, 0.1) is 18.6 Å². The van der Waals surface area contributed by atoms with Crippen LogP contribution in [0.4, 0.5) is 0 Å². The van der Waals surface area contributed by atoms with Crippen LogP contribution < -0.4 is 0 Å². The summed E-state index contributed by atoms with van der Waals surface area (Å²) in [6.07, 6.45) is -0.344. The molecule has 0 aromatic heterocycles. The van der Waals surface area contributed by atoms with Crippen LogP contribution in [0.1, 0.15) is 17.4 Å². The first kappa shape index (κ1) is 11.2. The van der Waals surface area contributed by atoms with Crippen LogP contribution in [0.15, 0.2) is 18.2 Å². The topological polar surface area (TPSA) is 18.5 Å². The third kappa shape index (κ3) is 2.45. The number of hydrogen-bond acceptors (Lipinski definition) is 2. The first-order valence-corrected chi connectivity index (χ1v) is 5.71. The lowest BCUT2D eigenvalue weighted by Crippen LogP contribution is -2.10. The van der Waals surface area contributed by atoms with Crippen molar-refractivity contribution in [3.05, 3.63) is 34.3 Å². The average molecular weight is 247 g/mol. The molecule has 2 atom stereocenters. The van der Waals surface area contributed by atoms with Crippen LogP contribution in [0.25, 0.3) is 0 Å². The number of rotatable bonds is 2. The van der Waals surface area contributed by atoms with Gasteiger partial charge in [-0.25, -0.2) is 0 Å². The Morgan fingerprint density at radius 1 is 1.47 bits per heavy atom. The number of halogens is 2. The average Bonchev–Trinajstić information content (AvgIpc) is 2.70. The molecule has 2 nitrogen and oxygen atoms in total. The molecular formula is C11H12Cl2O2. The molecule has 2 rings (SSSR count). The van der Waals surface area contributed by atoms with E-state index in [9.17, 15) is 0 Å². The van der Waals surface area contributed by atoms with Crippen LogP contribution in [-0.2, 0) is 9.47 Å². The molecule has 1 heterocycles. The fourth-order valence-corrected chi connectivity index (χ4v) is 1.81. The Kier molecular flexibility index (Phi) is 3.52. The number of hydrogen-bond donors (Lipinski definition) is 0. The Morgan fingerprint density at radius 3 is 2.87 bits per heavy atom. The van der Waals surface area contributed by atoms with Gasteiger partial charge < -0.3 is 9.47 Å². The maximum Gasteiger partial charge on any atom is 0.184 e. The Bertz CT molecular complexity index is 354. The third-order valence-corrected chi connectivity index (χ3v) is 3.14. The van der Waals surface area contributed by atoms with Crippen LogP contribution in [0.2, 0.25) is 5.02 Å². The number of ether oxygens (including phenoxy) is 2. The summed E-state index contributed by atoms with van der Waals surface area (Å²) in [7, 11) is 0. The van der Waals surface area contributed by atoms with Crippen LogP contribution in [0.3, 0.4) is 0 Å². The number of aryl methyl sites for hydroxylation is 1. The molecule has 0 radical (unpaired) electrons. The van der Waals surface area contributed by atoms with Gasteiger partial charge in [0.15, 0.2) is 6.29 Å². The van der Waals surface area contributed by atoms with Gasteiger partial charge in [0.1, 0.15) is 0 Å². The molecular weight excluding hydrogens is 235 g/mol. The van der Waals surface area contributed by atoms with Crippen molar-refractivity contribution in [1.29, 1.82) is 0 Å². The molecule has 0 aliphatic carbocycles. The maximum atomic E-state index is 6.03. The van der Waals surface area contributed by atoms with Gasteiger partial charge in [-0.05, 0) is 18.6 Å². The molecule has 0 spiro atoms. The summed E-state index contributed by atoms with van der Waals surface area (Å²) in [5.74, 6) is 0.454. The molecule has 82 valence electrons. The van der Waals surface area contributed by atoms with Crippen LogP contribution in [0.5, 0.6) is 0 Å². The minimum absolute atomic E-state index is 0.0169. The van der Waals surface area contributed by atoms with E-state index in [-0.39, 0.29) is 12.4 Å². The summed E-state index contributed by atoms with van der Waals surface area (Å²) in [4.78, 5) is 0. The van der Waals surface area contributed by atoms with Crippen molar-refractivity contribution >= 4 is 23.2 Å². The van der Waals surface area contributed by atoms with E-state index < -0.39 is 0 Å². The van der Waals surface area contributed by atoms with Crippen molar-refractivity contribution in [3.63, 3.8) is 0 Å². The quantitative estimate of drug-likeness (QED) is 0.746. The van der Waals surface area contributed by atoms with E-state index in [1.165, 1.54) is 0 Å². The SMILES string of the molecule is Cc1ccc(C2OCC(CCl)O2)cc1Cl. The molecule has 1 aliphatic heterocycles. The van der Waals surface area contributed by atoms with Gasteiger partial charge in [-0.2, -0.15) is 0 Å². The zero-order valence-electron chi connectivity index (χ0n) is 8.37. The monoisotopic (exact) mass is 246 g/mol. The second-order valence-electron chi connectivity index (χ2n) is 3.59. The van der Waals surface area contributed by atoms with E-state index >= 15 is 0 Å². The van der Waals surface area contributed by atoms with Crippen molar-refractivity contribution in [2.45, 2.75) is 19.3 Å². The van der Waals surface area contributed by atoms with Gasteiger partial charge in [0, 0.05) is 10.6 Å². The van der Waals surface area contributed by atoms with E-state index in [0.29, 0.717) is 12.5 Å². The molecule has 4 heteroatoms. The molecule has 1 fully saturated rings. The summed E-state index contributed by atoms with van der Waals surface area (Å²) >= 11 is 11.7. The molecule has 1 aromatic rings. The molecule has 0 amide bonds. The van der Waals surface area contributed by atoms with Crippen LogP contribution >= 0.6 is 23.2 Å². The second-order valence-corrected chi connectivity index (χ2v) is 4.30. The largest absolute Gasteiger partial charge is 0.346 e. The highest BCUT2D eigenvalue weighted by Crippen LogP contribution is 2.29.